The van der Waals surface area contributed by atoms with Crippen molar-refractivity contribution in [1.82, 2.24) is 24.1 Å². The van der Waals surface area contributed by atoms with E-state index < -0.39 is 0 Å². The number of aryl methyl sites for hydroxylation is 2. The lowest BCUT2D eigenvalue weighted by molar-refractivity contribution is 0.840. The highest BCUT2D eigenvalue weighted by Gasteiger charge is 2.18. The van der Waals surface area contributed by atoms with Gasteiger partial charge in [0.05, 0.1) is 34.1 Å². The minimum Gasteiger partial charge on any atom is -0.373 e. The van der Waals surface area contributed by atoms with E-state index in [0.717, 1.165) is 50.3 Å². The molecule has 1 aromatic carbocycles. The summed E-state index contributed by atoms with van der Waals surface area (Å²) in [6.07, 6.45) is 5.32. The monoisotopic (exact) mass is 396 g/mol. The Morgan fingerprint density at radius 1 is 0.967 bits per heavy atom. The van der Waals surface area contributed by atoms with E-state index in [-0.39, 0.29) is 5.69 Å². The first-order valence-corrected chi connectivity index (χ1v) is 9.65. The molecular weight excluding hydrogens is 376 g/mol. The van der Waals surface area contributed by atoms with Crippen molar-refractivity contribution in [2.75, 3.05) is 12.4 Å². The Bertz CT molecular complexity index is 1460. The molecule has 1 N–H and O–H groups in total. The summed E-state index contributed by atoms with van der Waals surface area (Å²) in [7, 11) is 3.61. The summed E-state index contributed by atoms with van der Waals surface area (Å²) in [6, 6.07) is 13.8. The molecule has 0 unspecified atom stereocenters. The van der Waals surface area contributed by atoms with Crippen molar-refractivity contribution in [2.24, 2.45) is 7.05 Å². The molecule has 5 aromatic rings. The normalized spacial score (nSPS) is 11.3. The van der Waals surface area contributed by atoms with Gasteiger partial charge in [-0.25, -0.2) is 9.78 Å². The van der Waals surface area contributed by atoms with Gasteiger partial charge in [-0.3, -0.25) is 19.1 Å². The van der Waals surface area contributed by atoms with Crippen LogP contribution in [0.1, 0.15) is 5.69 Å². The average Bonchev–Trinajstić information content (AvgIpc) is 3.04. The molecule has 0 bridgehead atoms. The van der Waals surface area contributed by atoms with Crippen molar-refractivity contribution in [1.29, 1.82) is 0 Å². The fraction of sp³-hybridized carbons (Fsp3) is 0.130. The standard InChI is InChI=1S/C23H20N6O/c1-14-19(5-4-10-25-14)29-22-17-11-15(16-7-9-21(24-2)27-12-16)6-8-18(17)26-13-20(22)28(3)23(29)30/h4-13H,1-3H3,(H,24,27). The number of fused-ring (bicyclic) bond motifs is 3. The molecule has 5 rings (SSSR count). The van der Waals surface area contributed by atoms with Crippen LogP contribution < -0.4 is 11.0 Å². The number of nitrogens with one attached hydrogen (secondary N) is 1. The van der Waals surface area contributed by atoms with E-state index in [0.29, 0.717) is 0 Å². The summed E-state index contributed by atoms with van der Waals surface area (Å²) in [5.74, 6) is 0.813. The van der Waals surface area contributed by atoms with Crippen LogP contribution in [0.25, 0.3) is 38.8 Å². The number of hydrogen-bond donors (Lipinski definition) is 1. The molecule has 0 spiro atoms. The number of nitrogens with zero attached hydrogens (tertiary/aromatic N) is 5. The summed E-state index contributed by atoms with van der Waals surface area (Å²) in [6.45, 7) is 1.91. The van der Waals surface area contributed by atoms with Gasteiger partial charge in [-0.15, -0.1) is 0 Å². The lowest BCUT2D eigenvalue weighted by Crippen LogP contribution is -2.21. The molecule has 7 nitrogen and oxygen atoms in total. The van der Waals surface area contributed by atoms with Crippen molar-refractivity contribution < 1.29 is 0 Å². The van der Waals surface area contributed by atoms with E-state index in [4.69, 9.17) is 0 Å². The lowest BCUT2D eigenvalue weighted by atomic mass is 10.0. The van der Waals surface area contributed by atoms with Crippen molar-refractivity contribution in [3.05, 3.63) is 77.2 Å². The molecule has 0 saturated heterocycles. The van der Waals surface area contributed by atoms with E-state index in [1.54, 1.807) is 28.6 Å². The smallest absolute Gasteiger partial charge is 0.333 e. The molecule has 0 amide bonds. The van der Waals surface area contributed by atoms with Gasteiger partial charge in [-0.2, -0.15) is 0 Å². The minimum atomic E-state index is -0.124. The maximum atomic E-state index is 13.2. The van der Waals surface area contributed by atoms with Crippen LogP contribution in [0, 0.1) is 6.92 Å². The Hall–Kier alpha value is -4.00. The average molecular weight is 396 g/mol. The molecule has 0 saturated carbocycles. The number of imidazole rings is 1. The van der Waals surface area contributed by atoms with Gasteiger partial charge in [0.25, 0.3) is 0 Å². The van der Waals surface area contributed by atoms with Crippen LogP contribution in [-0.4, -0.2) is 31.1 Å². The van der Waals surface area contributed by atoms with E-state index in [2.05, 4.69) is 26.3 Å². The number of hydrogen-bond acceptors (Lipinski definition) is 5. The minimum absolute atomic E-state index is 0.124. The van der Waals surface area contributed by atoms with Crippen LogP contribution in [0.15, 0.2) is 65.8 Å². The van der Waals surface area contributed by atoms with Gasteiger partial charge in [0, 0.05) is 37.4 Å². The quantitative estimate of drug-likeness (QED) is 0.503. The third kappa shape index (κ3) is 2.67. The zero-order valence-corrected chi connectivity index (χ0v) is 16.9. The summed E-state index contributed by atoms with van der Waals surface area (Å²) in [5.41, 5.74) is 5.87. The Kier molecular flexibility index (Phi) is 4.10. The molecule has 0 fully saturated rings. The van der Waals surface area contributed by atoms with Gasteiger partial charge < -0.3 is 5.32 Å². The van der Waals surface area contributed by atoms with E-state index >= 15 is 0 Å². The highest BCUT2D eigenvalue weighted by molar-refractivity contribution is 6.04. The highest BCUT2D eigenvalue weighted by atomic mass is 16.1. The number of anilines is 1. The van der Waals surface area contributed by atoms with Gasteiger partial charge in [0.1, 0.15) is 5.82 Å². The van der Waals surface area contributed by atoms with Crippen LogP contribution >= 0.6 is 0 Å². The van der Waals surface area contributed by atoms with Gasteiger partial charge in [0.15, 0.2) is 0 Å². The second-order valence-electron chi connectivity index (χ2n) is 7.19. The second-order valence-corrected chi connectivity index (χ2v) is 7.19. The van der Waals surface area contributed by atoms with Gasteiger partial charge in [-0.1, -0.05) is 6.07 Å². The van der Waals surface area contributed by atoms with E-state index in [1.165, 1.54) is 0 Å². The first-order valence-electron chi connectivity index (χ1n) is 9.65. The van der Waals surface area contributed by atoms with Crippen LogP contribution in [0.4, 0.5) is 5.82 Å². The van der Waals surface area contributed by atoms with Crippen LogP contribution in [0.3, 0.4) is 0 Å². The largest absolute Gasteiger partial charge is 0.373 e. The Balaban J connectivity index is 1.85. The maximum Gasteiger partial charge on any atom is 0.333 e. The van der Waals surface area contributed by atoms with Crippen molar-refractivity contribution >= 4 is 27.8 Å². The molecule has 148 valence electrons. The maximum absolute atomic E-state index is 13.2. The number of benzene rings is 1. The molecule has 30 heavy (non-hydrogen) atoms. The molecule has 4 aromatic heterocycles. The summed E-state index contributed by atoms with van der Waals surface area (Å²) in [4.78, 5) is 26.5. The number of rotatable bonds is 3. The SMILES string of the molecule is CNc1ccc(-c2ccc3ncc4c(c3c2)n(-c2cccnc2C)c(=O)n4C)cn1. The zero-order chi connectivity index (χ0) is 20.8. The summed E-state index contributed by atoms with van der Waals surface area (Å²) in [5, 5.41) is 3.94. The third-order valence-corrected chi connectivity index (χ3v) is 5.46. The van der Waals surface area contributed by atoms with Crippen LogP contribution in [0.5, 0.6) is 0 Å². The predicted octanol–water partition coefficient (Wildman–Crippen LogP) is 3.68. The summed E-state index contributed by atoms with van der Waals surface area (Å²) >= 11 is 0. The molecule has 0 radical (unpaired) electrons. The number of aromatic nitrogens is 5. The Morgan fingerprint density at radius 2 is 1.80 bits per heavy atom. The second kappa shape index (κ2) is 6.81. The fourth-order valence-electron chi connectivity index (χ4n) is 3.82. The highest BCUT2D eigenvalue weighted by Crippen LogP contribution is 2.30. The number of pyridine rings is 3. The van der Waals surface area contributed by atoms with Crippen LogP contribution in [0.2, 0.25) is 0 Å². The molecule has 4 heterocycles. The topological polar surface area (TPSA) is 77.6 Å². The lowest BCUT2D eigenvalue weighted by Gasteiger charge is -2.09. The van der Waals surface area contributed by atoms with Crippen molar-refractivity contribution in [3.63, 3.8) is 0 Å². The third-order valence-electron chi connectivity index (χ3n) is 5.46. The van der Waals surface area contributed by atoms with Crippen molar-refractivity contribution in [2.45, 2.75) is 6.92 Å². The first kappa shape index (κ1) is 18.1. The predicted molar refractivity (Wildman–Crippen MR) is 119 cm³/mol. The fourth-order valence-corrected chi connectivity index (χ4v) is 3.82. The molecular formula is C23H20N6O. The molecule has 0 atom stereocenters. The van der Waals surface area contributed by atoms with E-state index in [1.807, 2.05) is 56.6 Å². The molecule has 7 heteroatoms. The molecule has 0 aliphatic rings. The molecule has 0 aliphatic carbocycles. The van der Waals surface area contributed by atoms with Gasteiger partial charge in [0.2, 0.25) is 0 Å². The zero-order valence-electron chi connectivity index (χ0n) is 16.9. The summed E-state index contributed by atoms with van der Waals surface area (Å²) < 4.78 is 3.36. The Morgan fingerprint density at radius 3 is 2.53 bits per heavy atom. The van der Waals surface area contributed by atoms with Gasteiger partial charge >= 0.3 is 5.69 Å². The molecule has 0 aliphatic heterocycles. The van der Waals surface area contributed by atoms with Crippen molar-refractivity contribution in [3.8, 4) is 16.8 Å². The first-order chi connectivity index (χ1) is 14.6. The van der Waals surface area contributed by atoms with E-state index in [9.17, 15) is 4.79 Å². The van der Waals surface area contributed by atoms with Gasteiger partial charge in [-0.05, 0) is 48.9 Å². The Labute approximate surface area is 172 Å². The van der Waals surface area contributed by atoms with Crippen LogP contribution in [-0.2, 0) is 7.05 Å².